The minimum Gasteiger partial charge on any atom is -0.297 e. The van der Waals surface area contributed by atoms with E-state index < -0.39 is 0 Å². The van der Waals surface area contributed by atoms with Crippen LogP contribution in [0.2, 0.25) is 0 Å². The van der Waals surface area contributed by atoms with Crippen LogP contribution in [0.1, 0.15) is 77.2 Å². The molecule has 3 rings (SSSR count). The molecule has 0 spiro atoms. The zero-order chi connectivity index (χ0) is 20.1. The van der Waals surface area contributed by atoms with Gasteiger partial charge in [0.2, 0.25) is 0 Å². The van der Waals surface area contributed by atoms with Gasteiger partial charge in [0, 0.05) is 18.1 Å². The van der Waals surface area contributed by atoms with Crippen LogP contribution >= 0.6 is 0 Å². The molecule has 0 unspecified atom stereocenters. The minimum absolute atomic E-state index is 0.639. The molecule has 0 bridgehead atoms. The molecular weight excluding hydrogens is 332 g/mol. The molecule has 27 heavy (non-hydrogen) atoms. The molecule has 0 aliphatic heterocycles. The third-order valence-electron chi connectivity index (χ3n) is 4.61. The van der Waals surface area contributed by atoms with Gasteiger partial charge in [-0.05, 0) is 25.0 Å². The first kappa shape index (κ1) is 22.8. The maximum absolute atomic E-state index is 4.35. The van der Waals surface area contributed by atoms with Gasteiger partial charge in [0.25, 0.3) is 0 Å². The van der Waals surface area contributed by atoms with Crippen molar-refractivity contribution >= 4 is 12.3 Å². The van der Waals surface area contributed by atoms with Crippen molar-refractivity contribution in [3.05, 3.63) is 43.1 Å². The molecule has 0 aromatic carbocycles. The molecule has 0 amide bonds. The molecule has 148 valence electrons. The zero-order valence-corrected chi connectivity index (χ0v) is 17.6. The van der Waals surface area contributed by atoms with Crippen LogP contribution in [0.5, 0.6) is 0 Å². The van der Waals surface area contributed by atoms with Gasteiger partial charge in [-0.2, -0.15) is 0 Å². The first-order chi connectivity index (χ1) is 13.2. The van der Waals surface area contributed by atoms with Crippen molar-refractivity contribution in [1.82, 2.24) is 19.5 Å². The molecule has 0 saturated heterocycles. The second kappa shape index (κ2) is 13.0. The summed E-state index contributed by atoms with van der Waals surface area (Å²) < 4.78 is 1.81. The van der Waals surface area contributed by atoms with Crippen molar-refractivity contribution in [2.24, 2.45) is 5.92 Å². The van der Waals surface area contributed by atoms with Gasteiger partial charge < -0.3 is 0 Å². The zero-order valence-electron chi connectivity index (χ0n) is 17.6. The molecule has 1 saturated carbocycles. The summed E-state index contributed by atoms with van der Waals surface area (Å²) in [4.78, 5) is 12.8. The molecule has 1 aliphatic carbocycles. The summed E-state index contributed by atoms with van der Waals surface area (Å²) in [5.41, 5.74) is 1.73. The number of nitrogens with zero attached hydrogens (tertiary/aromatic N) is 4. The van der Waals surface area contributed by atoms with Crippen molar-refractivity contribution < 1.29 is 0 Å². The van der Waals surface area contributed by atoms with Crippen LogP contribution in [-0.4, -0.2) is 19.5 Å². The van der Waals surface area contributed by atoms with Crippen molar-refractivity contribution in [3.63, 3.8) is 0 Å². The van der Waals surface area contributed by atoms with E-state index in [2.05, 4.69) is 35.0 Å². The first-order valence-corrected chi connectivity index (χ1v) is 10.3. The highest BCUT2D eigenvalue weighted by Gasteiger charge is 2.09. The van der Waals surface area contributed by atoms with Crippen molar-refractivity contribution in [3.8, 4) is 11.5 Å². The molecular formula is C23H36N4. The van der Waals surface area contributed by atoms with Gasteiger partial charge in [0.05, 0.1) is 6.20 Å². The van der Waals surface area contributed by atoms with E-state index in [1.807, 2.05) is 31.4 Å². The van der Waals surface area contributed by atoms with Crippen molar-refractivity contribution in [2.45, 2.75) is 72.6 Å². The van der Waals surface area contributed by atoms with E-state index in [0.717, 1.165) is 23.1 Å². The lowest BCUT2D eigenvalue weighted by Crippen LogP contribution is -1.97. The van der Waals surface area contributed by atoms with Crippen molar-refractivity contribution in [1.29, 1.82) is 0 Å². The van der Waals surface area contributed by atoms with E-state index in [4.69, 9.17) is 0 Å². The quantitative estimate of drug-likeness (QED) is 0.599. The van der Waals surface area contributed by atoms with Crippen LogP contribution in [0.4, 0.5) is 0 Å². The normalized spacial score (nSPS) is 14.5. The Kier molecular flexibility index (Phi) is 11.0. The molecule has 4 nitrogen and oxygen atoms in total. The van der Waals surface area contributed by atoms with E-state index in [1.54, 1.807) is 24.7 Å². The number of aryl methyl sites for hydroxylation is 1. The molecule has 1 fully saturated rings. The lowest BCUT2D eigenvalue weighted by atomic mass is 9.93. The van der Waals surface area contributed by atoms with Gasteiger partial charge in [-0.15, -0.1) is 0 Å². The number of hydrogen-bond acceptors (Lipinski definition) is 3. The third-order valence-corrected chi connectivity index (χ3v) is 4.61. The fraction of sp³-hybridized carbons (Fsp3) is 0.522. The molecule has 0 N–H and O–H groups in total. The van der Waals surface area contributed by atoms with Crippen LogP contribution in [0.3, 0.4) is 0 Å². The van der Waals surface area contributed by atoms with Crippen LogP contribution in [0, 0.1) is 12.8 Å². The minimum atomic E-state index is 0.639. The van der Waals surface area contributed by atoms with Gasteiger partial charge in [-0.3, -0.25) is 4.57 Å². The number of rotatable bonds is 3. The van der Waals surface area contributed by atoms with Gasteiger partial charge in [0.1, 0.15) is 11.5 Å². The van der Waals surface area contributed by atoms with Gasteiger partial charge in [-0.25, -0.2) is 15.0 Å². The topological polar surface area (TPSA) is 43.6 Å². The largest absolute Gasteiger partial charge is 0.297 e. The van der Waals surface area contributed by atoms with E-state index in [9.17, 15) is 0 Å². The molecule has 2 aromatic heterocycles. The highest BCUT2D eigenvalue weighted by Crippen LogP contribution is 2.21. The number of hydrogen-bond donors (Lipinski definition) is 0. The van der Waals surface area contributed by atoms with E-state index in [-0.39, 0.29) is 0 Å². The van der Waals surface area contributed by atoms with E-state index >= 15 is 0 Å². The number of imidazole rings is 1. The molecule has 1 aliphatic rings. The fourth-order valence-corrected chi connectivity index (χ4v) is 3.12. The smallest absolute Gasteiger partial charge is 0.178 e. The maximum Gasteiger partial charge on any atom is 0.178 e. The third kappa shape index (κ3) is 7.49. The Morgan fingerprint density at radius 2 is 1.67 bits per heavy atom. The van der Waals surface area contributed by atoms with Crippen LogP contribution in [0.15, 0.2) is 31.6 Å². The Balaban J connectivity index is 0.000000282. The van der Waals surface area contributed by atoms with Crippen molar-refractivity contribution in [2.75, 3.05) is 0 Å². The van der Waals surface area contributed by atoms with Crippen LogP contribution in [-0.2, 0) is 0 Å². The Hall–Kier alpha value is -2.23. The highest BCUT2D eigenvalue weighted by atomic mass is 15.1. The Morgan fingerprint density at radius 1 is 1.04 bits per heavy atom. The van der Waals surface area contributed by atoms with Gasteiger partial charge in [-0.1, -0.05) is 78.9 Å². The molecule has 0 atom stereocenters. The standard InChI is InChI=1S/C12H12N4.C9H18.C2H6/c1-4-11-14-8-10(16(11)5-2)12-13-7-6-9(3)15-12;1-9-7-5-3-2-4-6-8-9;1-2/h4-8H,1-2H2,3H3;9H,2-8H2,1H3;1-2H3. The summed E-state index contributed by atoms with van der Waals surface area (Å²) in [5, 5.41) is 0. The summed E-state index contributed by atoms with van der Waals surface area (Å²) >= 11 is 0. The number of aromatic nitrogens is 4. The molecule has 2 heterocycles. The monoisotopic (exact) mass is 368 g/mol. The average molecular weight is 369 g/mol. The average Bonchev–Trinajstić information content (AvgIpc) is 3.10. The predicted octanol–water partition coefficient (Wildman–Crippen LogP) is 6.79. The van der Waals surface area contributed by atoms with E-state index in [0.29, 0.717) is 5.82 Å². The molecule has 4 heteroatoms. The summed E-state index contributed by atoms with van der Waals surface area (Å²) in [7, 11) is 0. The van der Waals surface area contributed by atoms with Gasteiger partial charge in [0.15, 0.2) is 5.82 Å². The SMILES string of the molecule is C=Cc1ncc(-c2nccc(C)n2)n1C=C.CC.CC1CCCCCCC1. The lowest BCUT2D eigenvalue weighted by Gasteiger charge is -2.13. The lowest BCUT2D eigenvalue weighted by molar-refractivity contribution is 0.404. The Labute approximate surface area is 165 Å². The highest BCUT2D eigenvalue weighted by molar-refractivity contribution is 5.58. The predicted molar refractivity (Wildman–Crippen MR) is 117 cm³/mol. The molecule has 2 aromatic rings. The summed E-state index contributed by atoms with van der Waals surface area (Å²) in [6.45, 7) is 15.8. The van der Waals surface area contributed by atoms with Gasteiger partial charge >= 0.3 is 0 Å². The van der Waals surface area contributed by atoms with E-state index in [1.165, 1.54) is 44.9 Å². The van der Waals surface area contributed by atoms with Crippen LogP contribution < -0.4 is 0 Å². The maximum atomic E-state index is 4.35. The first-order valence-electron chi connectivity index (χ1n) is 10.3. The second-order valence-electron chi connectivity index (χ2n) is 6.73. The summed E-state index contributed by atoms with van der Waals surface area (Å²) in [5.74, 6) is 2.39. The fourth-order valence-electron chi connectivity index (χ4n) is 3.12. The van der Waals surface area contributed by atoms with Crippen LogP contribution in [0.25, 0.3) is 23.8 Å². The second-order valence-corrected chi connectivity index (χ2v) is 6.73. The molecule has 0 radical (unpaired) electrons. The Bertz CT molecular complexity index is 679. The summed E-state index contributed by atoms with van der Waals surface area (Å²) in [6.07, 6.45) is 17.2. The summed E-state index contributed by atoms with van der Waals surface area (Å²) in [6, 6.07) is 1.85. The Morgan fingerprint density at radius 3 is 2.22 bits per heavy atom.